The van der Waals surface area contributed by atoms with Gasteiger partial charge in [0.05, 0.1) is 30.3 Å². The Bertz CT molecular complexity index is 789. The minimum atomic E-state index is -0.534. The number of rotatable bonds is 5. The quantitative estimate of drug-likeness (QED) is 0.565. The second-order valence-corrected chi connectivity index (χ2v) is 5.81. The number of nitro groups is 1. The van der Waals surface area contributed by atoms with Crippen LogP contribution in [0.3, 0.4) is 0 Å². The van der Waals surface area contributed by atoms with E-state index in [-0.39, 0.29) is 24.0 Å². The van der Waals surface area contributed by atoms with E-state index in [9.17, 15) is 14.9 Å². The Kier molecular flexibility index (Phi) is 4.94. The van der Waals surface area contributed by atoms with Crippen molar-refractivity contribution in [1.82, 2.24) is 15.1 Å². The van der Waals surface area contributed by atoms with Gasteiger partial charge in [0.1, 0.15) is 5.69 Å². The van der Waals surface area contributed by atoms with Crippen molar-refractivity contribution in [2.45, 2.75) is 31.8 Å². The third kappa shape index (κ3) is 3.61. The Balaban J connectivity index is 1.72. The fraction of sp³-hybridized carbons (Fsp3) is 0.375. The second-order valence-electron chi connectivity index (χ2n) is 5.81. The Morgan fingerprint density at radius 1 is 1.44 bits per heavy atom. The van der Waals surface area contributed by atoms with Gasteiger partial charge >= 0.3 is 6.03 Å². The maximum atomic E-state index is 12.3. The molecule has 1 unspecified atom stereocenters. The monoisotopic (exact) mass is 345 g/mol. The number of benzene rings is 1. The van der Waals surface area contributed by atoms with Crippen LogP contribution in [0.2, 0.25) is 0 Å². The molecule has 1 aliphatic carbocycles. The summed E-state index contributed by atoms with van der Waals surface area (Å²) in [4.78, 5) is 22.8. The number of hydrogen-bond donors (Lipinski definition) is 3. The van der Waals surface area contributed by atoms with E-state index < -0.39 is 11.0 Å². The molecule has 0 fully saturated rings. The molecule has 3 rings (SSSR count). The number of anilines is 1. The van der Waals surface area contributed by atoms with E-state index in [0.717, 1.165) is 30.5 Å². The molecule has 1 heterocycles. The average molecular weight is 345 g/mol. The molecule has 3 N–H and O–H groups in total. The molecule has 132 valence electrons. The summed E-state index contributed by atoms with van der Waals surface area (Å²) in [5, 5.41) is 29.8. The van der Waals surface area contributed by atoms with Gasteiger partial charge in [-0.25, -0.2) is 4.79 Å². The number of fused-ring (bicyclic) bond motifs is 1. The van der Waals surface area contributed by atoms with Gasteiger partial charge in [-0.2, -0.15) is 5.10 Å². The van der Waals surface area contributed by atoms with Gasteiger partial charge in [0.15, 0.2) is 0 Å². The van der Waals surface area contributed by atoms with Crippen LogP contribution in [0.25, 0.3) is 0 Å². The summed E-state index contributed by atoms with van der Waals surface area (Å²) in [7, 11) is 0. The molecule has 1 aliphatic rings. The highest BCUT2D eigenvalue weighted by Crippen LogP contribution is 2.30. The van der Waals surface area contributed by atoms with Gasteiger partial charge in [0.2, 0.25) is 0 Å². The van der Waals surface area contributed by atoms with Crippen LogP contribution in [0.1, 0.15) is 30.1 Å². The van der Waals surface area contributed by atoms with Crippen molar-refractivity contribution in [3.05, 3.63) is 51.8 Å². The standard InChI is InChI=1S/C16H19N5O4/c22-9-8-20-14-7-3-5-12(11(14)10-17-20)18-16(23)19-13-4-1-2-6-15(13)21(24)25/h1-2,4,6,10,12,22H,3,5,7-9H2,(H2,18,19,23). The molecule has 2 amide bonds. The first-order valence-corrected chi connectivity index (χ1v) is 8.06. The number of hydrogen-bond acceptors (Lipinski definition) is 5. The smallest absolute Gasteiger partial charge is 0.319 e. The van der Waals surface area contributed by atoms with Crippen LogP contribution in [0.15, 0.2) is 30.5 Å². The highest BCUT2D eigenvalue weighted by molar-refractivity contribution is 5.92. The van der Waals surface area contributed by atoms with Gasteiger partial charge in [-0.1, -0.05) is 12.1 Å². The predicted molar refractivity (Wildman–Crippen MR) is 90.2 cm³/mol. The zero-order valence-electron chi connectivity index (χ0n) is 13.5. The van der Waals surface area contributed by atoms with E-state index in [0.29, 0.717) is 6.54 Å². The van der Waals surface area contributed by atoms with Crippen molar-refractivity contribution >= 4 is 17.4 Å². The Morgan fingerprint density at radius 2 is 2.24 bits per heavy atom. The van der Waals surface area contributed by atoms with Gasteiger partial charge in [0, 0.05) is 17.3 Å². The number of urea groups is 1. The van der Waals surface area contributed by atoms with E-state index in [1.165, 1.54) is 12.1 Å². The Hall–Kier alpha value is -2.94. The molecule has 9 heteroatoms. The number of para-hydroxylation sites is 2. The van der Waals surface area contributed by atoms with E-state index in [4.69, 9.17) is 5.11 Å². The number of aliphatic hydroxyl groups excluding tert-OH is 1. The lowest BCUT2D eigenvalue weighted by Crippen LogP contribution is -2.34. The highest BCUT2D eigenvalue weighted by Gasteiger charge is 2.26. The van der Waals surface area contributed by atoms with Crippen LogP contribution < -0.4 is 10.6 Å². The molecule has 0 bridgehead atoms. The summed E-state index contributed by atoms with van der Waals surface area (Å²) in [6.45, 7) is 0.425. The molecule has 25 heavy (non-hydrogen) atoms. The molecular weight excluding hydrogens is 326 g/mol. The number of nitro benzene ring substituents is 1. The van der Waals surface area contributed by atoms with Crippen molar-refractivity contribution in [2.75, 3.05) is 11.9 Å². The Morgan fingerprint density at radius 3 is 3.00 bits per heavy atom. The van der Waals surface area contributed by atoms with Crippen LogP contribution in [-0.2, 0) is 13.0 Å². The number of carbonyl (C=O) groups is 1. The maximum absolute atomic E-state index is 12.3. The third-order valence-corrected chi connectivity index (χ3v) is 4.23. The lowest BCUT2D eigenvalue weighted by molar-refractivity contribution is -0.383. The molecule has 0 radical (unpaired) electrons. The summed E-state index contributed by atoms with van der Waals surface area (Å²) >= 11 is 0. The average Bonchev–Trinajstić information content (AvgIpc) is 3.00. The lowest BCUT2D eigenvalue weighted by Gasteiger charge is -2.24. The number of nitrogens with one attached hydrogen (secondary N) is 2. The lowest BCUT2D eigenvalue weighted by atomic mass is 9.93. The number of nitrogens with zero attached hydrogens (tertiary/aromatic N) is 3. The zero-order chi connectivity index (χ0) is 17.8. The molecule has 0 spiro atoms. The second kappa shape index (κ2) is 7.31. The molecule has 9 nitrogen and oxygen atoms in total. The van der Waals surface area contributed by atoms with Gasteiger partial charge in [0.25, 0.3) is 5.69 Å². The van der Waals surface area contributed by atoms with E-state index in [1.807, 2.05) is 0 Å². The molecular formula is C16H19N5O4. The molecule has 1 atom stereocenters. The van der Waals surface area contributed by atoms with Gasteiger partial charge in [-0.15, -0.1) is 0 Å². The fourth-order valence-corrected chi connectivity index (χ4v) is 3.11. The fourth-order valence-electron chi connectivity index (χ4n) is 3.11. The maximum Gasteiger partial charge on any atom is 0.319 e. The summed E-state index contributed by atoms with van der Waals surface area (Å²) in [6, 6.07) is 5.29. The van der Waals surface area contributed by atoms with Crippen LogP contribution in [-0.4, -0.2) is 32.4 Å². The van der Waals surface area contributed by atoms with Crippen molar-refractivity contribution in [3.63, 3.8) is 0 Å². The first-order chi connectivity index (χ1) is 12.1. The number of carbonyl (C=O) groups excluding carboxylic acids is 1. The molecule has 1 aromatic heterocycles. The summed E-state index contributed by atoms with van der Waals surface area (Å²) in [5.74, 6) is 0. The number of amides is 2. The first-order valence-electron chi connectivity index (χ1n) is 8.06. The largest absolute Gasteiger partial charge is 0.394 e. The minimum absolute atomic E-state index is 0.00434. The van der Waals surface area contributed by atoms with Crippen molar-refractivity contribution in [2.24, 2.45) is 0 Å². The summed E-state index contributed by atoms with van der Waals surface area (Å²) in [5.41, 5.74) is 1.93. The first kappa shape index (κ1) is 16.9. The van der Waals surface area contributed by atoms with E-state index in [2.05, 4.69) is 15.7 Å². The molecule has 0 saturated heterocycles. The summed E-state index contributed by atoms with van der Waals surface area (Å²) in [6.07, 6.45) is 4.21. The number of aliphatic hydroxyl groups is 1. The Labute approximate surface area is 143 Å². The summed E-state index contributed by atoms with van der Waals surface area (Å²) < 4.78 is 1.75. The normalized spacial score (nSPS) is 16.1. The number of aromatic nitrogens is 2. The molecule has 2 aromatic rings. The van der Waals surface area contributed by atoms with Crippen LogP contribution in [0.4, 0.5) is 16.2 Å². The van der Waals surface area contributed by atoms with Crippen molar-refractivity contribution in [1.29, 1.82) is 0 Å². The molecule has 0 saturated carbocycles. The van der Waals surface area contributed by atoms with Crippen molar-refractivity contribution < 1.29 is 14.8 Å². The minimum Gasteiger partial charge on any atom is -0.394 e. The van der Waals surface area contributed by atoms with Crippen LogP contribution in [0, 0.1) is 10.1 Å². The van der Waals surface area contributed by atoms with Gasteiger partial charge in [-0.3, -0.25) is 14.8 Å². The zero-order valence-corrected chi connectivity index (χ0v) is 13.5. The molecule has 1 aromatic carbocycles. The SMILES string of the molecule is O=C(Nc1ccccc1[N+](=O)[O-])NC1CCCc2c1cnn2CCO. The van der Waals surface area contributed by atoms with Gasteiger partial charge in [-0.05, 0) is 25.3 Å². The van der Waals surface area contributed by atoms with Crippen LogP contribution in [0.5, 0.6) is 0 Å². The van der Waals surface area contributed by atoms with Crippen LogP contribution >= 0.6 is 0 Å². The topological polar surface area (TPSA) is 122 Å². The van der Waals surface area contributed by atoms with E-state index in [1.54, 1.807) is 23.0 Å². The highest BCUT2D eigenvalue weighted by atomic mass is 16.6. The predicted octanol–water partition coefficient (Wildman–Crippen LogP) is 1.98. The van der Waals surface area contributed by atoms with Gasteiger partial charge < -0.3 is 15.7 Å². The van der Waals surface area contributed by atoms with Crippen molar-refractivity contribution in [3.8, 4) is 0 Å². The van der Waals surface area contributed by atoms with E-state index >= 15 is 0 Å². The third-order valence-electron chi connectivity index (χ3n) is 4.23. The molecule has 0 aliphatic heterocycles.